The van der Waals surface area contributed by atoms with Crippen LogP contribution in [-0.4, -0.2) is 13.4 Å². The monoisotopic (exact) mass is 256 g/mol. The maximum atomic E-state index is 10.5. The van der Waals surface area contributed by atoms with Gasteiger partial charge in [-0.15, -0.1) is 0 Å². The molecule has 0 fully saturated rings. The van der Waals surface area contributed by atoms with Crippen molar-refractivity contribution >= 4 is 6.29 Å². The first-order valence-corrected chi connectivity index (χ1v) is 6.06. The van der Waals surface area contributed by atoms with E-state index in [-0.39, 0.29) is 0 Å². The SMILES string of the molecule is COc1ccc(COCc2ccc(C=O)cc2)cc1. The molecule has 0 unspecified atom stereocenters. The molecule has 0 aliphatic rings. The third-order valence-corrected chi connectivity index (χ3v) is 2.81. The van der Waals surface area contributed by atoms with E-state index in [2.05, 4.69) is 0 Å². The molecule has 2 aromatic carbocycles. The van der Waals surface area contributed by atoms with E-state index in [1.807, 2.05) is 36.4 Å². The van der Waals surface area contributed by atoms with Crippen molar-refractivity contribution < 1.29 is 14.3 Å². The van der Waals surface area contributed by atoms with Crippen molar-refractivity contribution in [2.45, 2.75) is 13.2 Å². The number of carbonyl (C=O) groups is 1. The van der Waals surface area contributed by atoms with Crippen molar-refractivity contribution in [1.29, 1.82) is 0 Å². The highest BCUT2D eigenvalue weighted by atomic mass is 16.5. The van der Waals surface area contributed by atoms with Gasteiger partial charge < -0.3 is 9.47 Å². The first-order valence-electron chi connectivity index (χ1n) is 6.06. The van der Waals surface area contributed by atoms with Crippen LogP contribution in [0.5, 0.6) is 5.75 Å². The van der Waals surface area contributed by atoms with E-state index >= 15 is 0 Å². The zero-order chi connectivity index (χ0) is 13.5. The number of ether oxygens (including phenoxy) is 2. The van der Waals surface area contributed by atoms with Crippen molar-refractivity contribution in [2.75, 3.05) is 7.11 Å². The topological polar surface area (TPSA) is 35.5 Å². The minimum atomic E-state index is 0.533. The van der Waals surface area contributed by atoms with Crippen LogP contribution in [-0.2, 0) is 18.0 Å². The Kier molecular flexibility index (Phi) is 4.70. The number of hydrogen-bond acceptors (Lipinski definition) is 3. The van der Waals surface area contributed by atoms with Gasteiger partial charge in [0.25, 0.3) is 0 Å². The van der Waals surface area contributed by atoms with Gasteiger partial charge in [-0.1, -0.05) is 36.4 Å². The number of rotatable bonds is 6. The van der Waals surface area contributed by atoms with Crippen LogP contribution in [0.4, 0.5) is 0 Å². The molecular formula is C16H16O3. The number of methoxy groups -OCH3 is 1. The Balaban J connectivity index is 1.83. The van der Waals surface area contributed by atoms with Crippen LogP contribution in [0.1, 0.15) is 21.5 Å². The van der Waals surface area contributed by atoms with Crippen molar-refractivity contribution in [3.8, 4) is 5.75 Å². The molecule has 98 valence electrons. The molecule has 0 saturated carbocycles. The Morgan fingerprint density at radius 2 is 1.42 bits per heavy atom. The molecule has 0 heterocycles. The van der Waals surface area contributed by atoms with Crippen LogP contribution in [0.2, 0.25) is 0 Å². The second-order valence-corrected chi connectivity index (χ2v) is 4.20. The molecule has 19 heavy (non-hydrogen) atoms. The van der Waals surface area contributed by atoms with Gasteiger partial charge in [-0.3, -0.25) is 4.79 Å². The van der Waals surface area contributed by atoms with Crippen LogP contribution in [0, 0.1) is 0 Å². The third kappa shape index (κ3) is 3.93. The molecule has 0 N–H and O–H groups in total. The summed E-state index contributed by atoms with van der Waals surface area (Å²) in [4.78, 5) is 10.5. The molecule has 0 aliphatic carbocycles. The molecule has 3 heteroatoms. The van der Waals surface area contributed by atoms with Gasteiger partial charge >= 0.3 is 0 Å². The van der Waals surface area contributed by atoms with Gasteiger partial charge in [0.1, 0.15) is 12.0 Å². The molecule has 0 spiro atoms. The van der Waals surface area contributed by atoms with E-state index < -0.39 is 0 Å². The lowest BCUT2D eigenvalue weighted by molar-refractivity contribution is 0.107. The lowest BCUT2D eigenvalue weighted by Crippen LogP contribution is -1.94. The van der Waals surface area contributed by atoms with Gasteiger partial charge in [0, 0.05) is 5.56 Å². The van der Waals surface area contributed by atoms with Crippen molar-refractivity contribution in [3.63, 3.8) is 0 Å². The molecular weight excluding hydrogens is 240 g/mol. The predicted octanol–water partition coefficient (Wildman–Crippen LogP) is 3.22. The average molecular weight is 256 g/mol. The second-order valence-electron chi connectivity index (χ2n) is 4.20. The summed E-state index contributed by atoms with van der Waals surface area (Å²) in [6.45, 7) is 1.09. The van der Waals surface area contributed by atoms with E-state index in [0.29, 0.717) is 18.8 Å². The highest BCUT2D eigenvalue weighted by molar-refractivity contribution is 5.74. The van der Waals surface area contributed by atoms with Crippen LogP contribution >= 0.6 is 0 Å². The summed E-state index contributed by atoms with van der Waals surface area (Å²) < 4.78 is 10.7. The molecule has 0 radical (unpaired) electrons. The van der Waals surface area contributed by atoms with Gasteiger partial charge in [-0.2, -0.15) is 0 Å². The first kappa shape index (κ1) is 13.3. The van der Waals surface area contributed by atoms with Gasteiger partial charge in [-0.25, -0.2) is 0 Å². The number of carbonyl (C=O) groups excluding carboxylic acids is 1. The zero-order valence-electron chi connectivity index (χ0n) is 10.8. The second kappa shape index (κ2) is 6.71. The van der Waals surface area contributed by atoms with Gasteiger partial charge in [0.15, 0.2) is 0 Å². The Labute approximate surface area is 112 Å². The zero-order valence-corrected chi connectivity index (χ0v) is 10.8. The average Bonchev–Trinajstić information content (AvgIpc) is 2.49. The molecule has 2 rings (SSSR count). The Bertz CT molecular complexity index is 515. The number of aldehydes is 1. The highest BCUT2D eigenvalue weighted by Gasteiger charge is 1.97. The van der Waals surface area contributed by atoms with E-state index in [0.717, 1.165) is 23.2 Å². The van der Waals surface area contributed by atoms with Crippen LogP contribution in [0.25, 0.3) is 0 Å². The minimum absolute atomic E-state index is 0.533. The molecule has 0 amide bonds. The minimum Gasteiger partial charge on any atom is -0.497 e. The van der Waals surface area contributed by atoms with Crippen LogP contribution in [0.15, 0.2) is 48.5 Å². The summed E-state index contributed by atoms with van der Waals surface area (Å²) in [5.41, 5.74) is 2.84. The number of hydrogen-bond donors (Lipinski definition) is 0. The van der Waals surface area contributed by atoms with Crippen molar-refractivity contribution in [1.82, 2.24) is 0 Å². The van der Waals surface area contributed by atoms with Crippen molar-refractivity contribution in [2.24, 2.45) is 0 Å². The van der Waals surface area contributed by atoms with Crippen LogP contribution < -0.4 is 4.74 Å². The smallest absolute Gasteiger partial charge is 0.150 e. The molecule has 0 aliphatic heterocycles. The molecule has 0 bridgehead atoms. The van der Waals surface area contributed by atoms with Crippen LogP contribution in [0.3, 0.4) is 0 Å². The lowest BCUT2D eigenvalue weighted by atomic mass is 10.1. The predicted molar refractivity (Wildman–Crippen MR) is 73.3 cm³/mol. The maximum Gasteiger partial charge on any atom is 0.150 e. The fourth-order valence-corrected chi connectivity index (χ4v) is 1.70. The van der Waals surface area contributed by atoms with Gasteiger partial charge in [-0.05, 0) is 23.3 Å². The highest BCUT2D eigenvalue weighted by Crippen LogP contribution is 2.13. The van der Waals surface area contributed by atoms with Gasteiger partial charge in [0.05, 0.1) is 20.3 Å². The normalized spacial score (nSPS) is 10.2. The van der Waals surface area contributed by atoms with E-state index in [4.69, 9.17) is 9.47 Å². The van der Waals surface area contributed by atoms with Gasteiger partial charge in [0.2, 0.25) is 0 Å². The maximum absolute atomic E-state index is 10.5. The lowest BCUT2D eigenvalue weighted by Gasteiger charge is -2.06. The van der Waals surface area contributed by atoms with E-state index in [1.54, 1.807) is 19.2 Å². The summed E-state index contributed by atoms with van der Waals surface area (Å²) >= 11 is 0. The molecule has 3 nitrogen and oxygen atoms in total. The van der Waals surface area contributed by atoms with E-state index in [1.165, 1.54) is 0 Å². The summed E-state index contributed by atoms with van der Waals surface area (Å²) in [6.07, 6.45) is 0.835. The summed E-state index contributed by atoms with van der Waals surface area (Å²) in [5, 5.41) is 0. The summed E-state index contributed by atoms with van der Waals surface area (Å²) in [5.74, 6) is 0.841. The molecule has 0 saturated heterocycles. The molecule has 0 atom stereocenters. The fourth-order valence-electron chi connectivity index (χ4n) is 1.70. The Morgan fingerprint density at radius 3 is 1.89 bits per heavy atom. The quantitative estimate of drug-likeness (QED) is 0.744. The summed E-state index contributed by atoms with van der Waals surface area (Å²) in [6, 6.07) is 15.2. The number of benzene rings is 2. The summed E-state index contributed by atoms with van der Waals surface area (Å²) in [7, 11) is 1.65. The Morgan fingerprint density at radius 1 is 0.895 bits per heavy atom. The van der Waals surface area contributed by atoms with E-state index in [9.17, 15) is 4.79 Å². The molecule has 2 aromatic rings. The molecule has 0 aromatic heterocycles. The first-order chi connectivity index (χ1) is 9.31. The third-order valence-electron chi connectivity index (χ3n) is 2.81. The van der Waals surface area contributed by atoms with Crippen molar-refractivity contribution in [3.05, 3.63) is 65.2 Å². The standard InChI is InChI=1S/C16H16O3/c1-18-16-8-6-15(7-9-16)12-19-11-14-4-2-13(10-17)3-5-14/h2-10H,11-12H2,1H3. The Hall–Kier alpha value is -2.13. The fraction of sp³-hybridized carbons (Fsp3) is 0.188. The largest absolute Gasteiger partial charge is 0.497 e.